The van der Waals surface area contributed by atoms with E-state index in [0.717, 1.165) is 4.90 Å². The minimum absolute atomic E-state index is 0.186. The van der Waals surface area contributed by atoms with Crippen molar-refractivity contribution in [2.24, 2.45) is 5.73 Å². The monoisotopic (exact) mass is 218 g/mol. The topological polar surface area (TPSA) is 80.5 Å². The molecule has 1 saturated heterocycles. The zero-order valence-electron chi connectivity index (χ0n) is 8.47. The fourth-order valence-corrected chi connectivity index (χ4v) is 1.72. The zero-order valence-corrected chi connectivity index (χ0v) is 8.47. The molecule has 1 aromatic rings. The molecule has 0 aromatic heterocycles. The van der Waals surface area contributed by atoms with Crippen molar-refractivity contribution in [1.82, 2.24) is 0 Å². The van der Waals surface area contributed by atoms with Crippen molar-refractivity contribution in [2.45, 2.75) is 12.8 Å². The van der Waals surface area contributed by atoms with Gasteiger partial charge in [-0.2, -0.15) is 0 Å². The van der Waals surface area contributed by atoms with E-state index in [0.29, 0.717) is 0 Å². The highest BCUT2D eigenvalue weighted by Gasteiger charge is 2.32. The van der Waals surface area contributed by atoms with Gasteiger partial charge in [0.25, 0.3) is 5.91 Å². The van der Waals surface area contributed by atoms with Crippen LogP contribution in [0.2, 0.25) is 0 Å². The summed E-state index contributed by atoms with van der Waals surface area (Å²) < 4.78 is 0. The highest BCUT2D eigenvalue weighted by atomic mass is 16.2. The summed E-state index contributed by atoms with van der Waals surface area (Å²) in [6, 6.07) is 6.33. The molecule has 0 saturated carbocycles. The van der Waals surface area contributed by atoms with E-state index in [4.69, 9.17) is 5.73 Å². The molecule has 1 fully saturated rings. The van der Waals surface area contributed by atoms with Gasteiger partial charge >= 0.3 is 0 Å². The average molecular weight is 218 g/mol. The molecule has 1 aliphatic rings. The number of carbonyl (C=O) groups is 3. The van der Waals surface area contributed by atoms with Crippen molar-refractivity contribution in [3.63, 3.8) is 0 Å². The second-order valence-corrected chi connectivity index (χ2v) is 3.50. The summed E-state index contributed by atoms with van der Waals surface area (Å²) >= 11 is 0. The lowest BCUT2D eigenvalue weighted by Crippen LogP contribution is -2.31. The van der Waals surface area contributed by atoms with Crippen molar-refractivity contribution in [3.05, 3.63) is 29.8 Å². The van der Waals surface area contributed by atoms with E-state index < -0.39 is 5.91 Å². The first-order chi connectivity index (χ1) is 7.61. The molecule has 0 bridgehead atoms. The molecule has 3 amide bonds. The molecule has 0 radical (unpaired) electrons. The molecule has 2 N–H and O–H groups in total. The Kier molecular flexibility index (Phi) is 2.44. The van der Waals surface area contributed by atoms with Crippen LogP contribution in [0.1, 0.15) is 23.2 Å². The van der Waals surface area contributed by atoms with Crippen LogP contribution in [0.5, 0.6) is 0 Å². The van der Waals surface area contributed by atoms with E-state index in [9.17, 15) is 14.4 Å². The summed E-state index contributed by atoms with van der Waals surface area (Å²) in [5.41, 5.74) is 5.65. The third kappa shape index (κ3) is 1.56. The van der Waals surface area contributed by atoms with Crippen LogP contribution >= 0.6 is 0 Å². The molecular formula is C11H10N2O3. The Hall–Kier alpha value is -2.17. The summed E-state index contributed by atoms with van der Waals surface area (Å²) in [7, 11) is 0. The van der Waals surface area contributed by atoms with Gasteiger partial charge in [-0.1, -0.05) is 12.1 Å². The number of imide groups is 1. The van der Waals surface area contributed by atoms with Gasteiger partial charge in [0.2, 0.25) is 11.8 Å². The number of hydrogen-bond donors (Lipinski definition) is 1. The zero-order chi connectivity index (χ0) is 11.7. The molecule has 82 valence electrons. The van der Waals surface area contributed by atoms with Gasteiger partial charge in [0.15, 0.2) is 0 Å². The number of nitrogens with zero attached hydrogens (tertiary/aromatic N) is 1. The lowest BCUT2D eigenvalue weighted by molar-refractivity contribution is -0.121. The van der Waals surface area contributed by atoms with Gasteiger partial charge in [0.1, 0.15) is 0 Å². The Morgan fingerprint density at radius 2 is 1.69 bits per heavy atom. The number of para-hydroxylation sites is 1. The van der Waals surface area contributed by atoms with Crippen LogP contribution in [0.25, 0.3) is 0 Å². The minimum atomic E-state index is -0.650. The van der Waals surface area contributed by atoms with Crippen LogP contribution in [-0.2, 0) is 9.59 Å². The van der Waals surface area contributed by atoms with E-state index >= 15 is 0 Å². The number of benzene rings is 1. The third-order valence-corrected chi connectivity index (χ3v) is 2.46. The molecule has 5 heteroatoms. The summed E-state index contributed by atoms with van der Waals surface area (Å²) in [5.74, 6) is -1.24. The van der Waals surface area contributed by atoms with Gasteiger partial charge < -0.3 is 5.73 Å². The first kappa shape index (κ1) is 10.4. The highest BCUT2D eigenvalue weighted by molar-refractivity contribution is 6.22. The Morgan fingerprint density at radius 1 is 1.12 bits per heavy atom. The number of primary amides is 1. The molecule has 1 heterocycles. The Balaban J connectivity index is 2.51. The summed E-state index contributed by atoms with van der Waals surface area (Å²) in [6.45, 7) is 0. The fourth-order valence-electron chi connectivity index (χ4n) is 1.72. The van der Waals surface area contributed by atoms with E-state index in [1.807, 2.05) is 0 Å². The first-order valence-electron chi connectivity index (χ1n) is 4.86. The van der Waals surface area contributed by atoms with Gasteiger partial charge in [0.05, 0.1) is 11.3 Å². The Bertz CT molecular complexity index is 466. The molecule has 2 rings (SSSR count). The molecule has 0 unspecified atom stereocenters. The summed E-state index contributed by atoms with van der Waals surface area (Å²) in [6.07, 6.45) is 0.373. The number of anilines is 1. The van der Waals surface area contributed by atoms with Crippen molar-refractivity contribution in [1.29, 1.82) is 0 Å². The van der Waals surface area contributed by atoms with Gasteiger partial charge in [-0.15, -0.1) is 0 Å². The van der Waals surface area contributed by atoms with Crippen molar-refractivity contribution >= 4 is 23.4 Å². The van der Waals surface area contributed by atoms with Crippen LogP contribution in [0.4, 0.5) is 5.69 Å². The van der Waals surface area contributed by atoms with Crippen molar-refractivity contribution < 1.29 is 14.4 Å². The van der Waals surface area contributed by atoms with Crippen molar-refractivity contribution in [2.75, 3.05) is 4.90 Å². The third-order valence-electron chi connectivity index (χ3n) is 2.46. The largest absolute Gasteiger partial charge is 0.366 e. The summed E-state index contributed by atoms with van der Waals surface area (Å²) in [4.78, 5) is 35.2. The minimum Gasteiger partial charge on any atom is -0.366 e. The molecule has 0 spiro atoms. The maximum atomic E-state index is 11.5. The maximum Gasteiger partial charge on any atom is 0.250 e. The van der Waals surface area contributed by atoms with Crippen molar-refractivity contribution in [3.8, 4) is 0 Å². The quantitative estimate of drug-likeness (QED) is 0.731. The van der Waals surface area contributed by atoms with Crippen LogP contribution in [0.15, 0.2) is 24.3 Å². The standard InChI is InChI=1S/C11H10N2O3/c12-11(16)7-3-1-2-4-8(7)13-9(14)5-6-10(13)15/h1-4H,5-6H2,(H2,12,16). The number of carbonyl (C=O) groups excluding carboxylic acids is 3. The number of rotatable bonds is 2. The van der Waals surface area contributed by atoms with E-state index in [1.165, 1.54) is 6.07 Å². The Labute approximate surface area is 91.8 Å². The van der Waals surface area contributed by atoms with Gasteiger partial charge in [-0.25, -0.2) is 4.90 Å². The molecule has 1 aliphatic heterocycles. The van der Waals surface area contributed by atoms with E-state index in [-0.39, 0.29) is 35.9 Å². The predicted octanol–water partition coefficient (Wildman–Crippen LogP) is 0.439. The second kappa shape index (κ2) is 3.77. The lowest BCUT2D eigenvalue weighted by Gasteiger charge is -2.16. The average Bonchev–Trinajstić information content (AvgIpc) is 2.58. The second-order valence-electron chi connectivity index (χ2n) is 3.50. The molecule has 0 atom stereocenters. The SMILES string of the molecule is NC(=O)c1ccccc1N1C(=O)CCC1=O. The van der Waals surface area contributed by atoms with Gasteiger partial charge in [0, 0.05) is 12.8 Å². The number of amides is 3. The molecule has 1 aromatic carbocycles. The van der Waals surface area contributed by atoms with E-state index in [2.05, 4.69) is 0 Å². The number of nitrogens with two attached hydrogens (primary N) is 1. The maximum absolute atomic E-state index is 11.5. The van der Waals surface area contributed by atoms with Gasteiger partial charge in [-0.3, -0.25) is 14.4 Å². The molecule has 0 aliphatic carbocycles. The van der Waals surface area contributed by atoms with Gasteiger partial charge in [-0.05, 0) is 12.1 Å². The molecule has 16 heavy (non-hydrogen) atoms. The Morgan fingerprint density at radius 3 is 2.25 bits per heavy atom. The molecule has 5 nitrogen and oxygen atoms in total. The van der Waals surface area contributed by atoms with Crippen LogP contribution in [-0.4, -0.2) is 17.7 Å². The fraction of sp³-hybridized carbons (Fsp3) is 0.182. The first-order valence-corrected chi connectivity index (χ1v) is 4.86. The molecular weight excluding hydrogens is 208 g/mol. The highest BCUT2D eigenvalue weighted by Crippen LogP contribution is 2.25. The predicted molar refractivity (Wildman–Crippen MR) is 56.7 cm³/mol. The lowest BCUT2D eigenvalue weighted by atomic mass is 10.1. The smallest absolute Gasteiger partial charge is 0.250 e. The summed E-state index contributed by atoms with van der Waals surface area (Å²) in [5, 5.41) is 0. The normalized spacial score (nSPS) is 15.6. The van der Waals surface area contributed by atoms with Crippen LogP contribution in [0.3, 0.4) is 0 Å². The number of hydrogen-bond acceptors (Lipinski definition) is 3. The van der Waals surface area contributed by atoms with E-state index in [1.54, 1.807) is 18.2 Å². The van der Waals surface area contributed by atoms with Crippen LogP contribution < -0.4 is 10.6 Å². The van der Waals surface area contributed by atoms with Crippen LogP contribution in [0, 0.1) is 0 Å².